The molecule has 6 heteroatoms. The Hall–Kier alpha value is -1.66. The van der Waals surface area contributed by atoms with E-state index in [2.05, 4.69) is 15.6 Å². The predicted molar refractivity (Wildman–Crippen MR) is 81.2 cm³/mol. The zero-order chi connectivity index (χ0) is 15.5. The number of aromatic nitrogens is 1. The maximum absolute atomic E-state index is 11.8. The Bertz CT molecular complexity index is 409. The number of hydrogen-bond donors (Lipinski definition) is 2. The third kappa shape index (κ3) is 7.06. The number of nitrogens with one attached hydrogen (secondary N) is 2. The smallest absolute Gasteiger partial charge is 0.260 e. The lowest BCUT2D eigenvalue weighted by molar-refractivity contribution is -0.127. The molecule has 21 heavy (non-hydrogen) atoms. The minimum Gasteiger partial charge on any atom is -0.479 e. The third-order valence-corrected chi connectivity index (χ3v) is 2.86. The highest BCUT2D eigenvalue weighted by Crippen LogP contribution is 2.11. The molecule has 0 spiro atoms. The molecule has 0 fully saturated rings. The summed E-state index contributed by atoms with van der Waals surface area (Å²) in [7, 11) is 1.64. The number of carbonyl (C=O) groups excluding carboxylic acids is 1. The van der Waals surface area contributed by atoms with E-state index in [9.17, 15) is 4.79 Å². The quantitative estimate of drug-likeness (QED) is 0.633. The van der Waals surface area contributed by atoms with Crippen molar-refractivity contribution in [3.05, 3.63) is 24.0 Å². The van der Waals surface area contributed by atoms with Gasteiger partial charge in [0.15, 0.2) is 6.10 Å². The van der Waals surface area contributed by atoms with E-state index < -0.39 is 6.10 Å². The average molecular weight is 295 g/mol. The van der Waals surface area contributed by atoms with Crippen LogP contribution in [0.25, 0.3) is 0 Å². The SMILES string of the molecule is CCNCc1ccc(OC(C)C(=O)NCCCOC)cn1. The van der Waals surface area contributed by atoms with Crippen LogP contribution >= 0.6 is 0 Å². The molecule has 0 aliphatic heterocycles. The molecule has 0 aromatic carbocycles. The molecule has 1 rings (SSSR count). The molecule has 118 valence electrons. The number of hydrogen-bond acceptors (Lipinski definition) is 5. The van der Waals surface area contributed by atoms with Crippen LogP contribution < -0.4 is 15.4 Å². The fraction of sp³-hybridized carbons (Fsp3) is 0.600. The van der Waals surface area contributed by atoms with Gasteiger partial charge in [-0.2, -0.15) is 0 Å². The summed E-state index contributed by atoms with van der Waals surface area (Å²) in [5, 5.41) is 6.00. The topological polar surface area (TPSA) is 72.5 Å². The Balaban J connectivity index is 2.35. The molecular weight excluding hydrogens is 270 g/mol. The van der Waals surface area contributed by atoms with Crippen molar-refractivity contribution in [2.45, 2.75) is 32.9 Å². The standard InChI is InChI=1S/C15H25N3O3/c1-4-16-10-13-6-7-14(11-18-13)21-12(2)15(19)17-8-5-9-20-3/h6-7,11-12,16H,4-5,8-10H2,1-3H3,(H,17,19). The van der Waals surface area contributed by atoms with Gasteiger partial charge in [-0.15, -0.1) is 0 Å². The van der Waals surface area contributed by atoms with Crippen LogP contribution in [-0.2, 0) is 16.1 Å². The van der Waals surface area contributed by atoms with Gasteiger partial charge < -0.3 is 20.1 Å². The van der Waals surface area contributed by atoms with Gasteiger partial charge in [0, 0.05) is 26.8 Å². The van der Waals surface area contributed by atoms with E-state index >= 15 is 0 Å². The molecule has 0 radical (unpaired) electrons. The molecule has 1 amide bonds. The number of amides is 1. The first kappa shape index (κ1) is 17.4. The second-order valence-corrected chi connectivity index (χ2v) is 4.66. The van der Waals surface area contributed by atoms with Gasteiger partial charge in [-0.3, -0.25) is 9.78 Å². The molecular formula is C15H25N3O3. The van der Waals surface area contributed by atoms with E-state index in [0.29, 0.717) is 18.9 Å². The molecule has 0 bridgehead atoms. The predicted octanol–water partition coefficient (Wildman–Crippen LogP) is 1.11. The van der Waals surface area contributed by atoms with E-state index in [-0.39, 0.29) is 5.91 Å². The molecule has 0 saturated carbocycles. The number of methoxy groups -OCH3 is 1. The van der Waals surface area contributed by atoms with Crippen molar-refractivity contribution >= 4 is 5.91 Å². The van der Waals surface area contributed by atoms with Gasteiger partial charge in [0.1, 0.15) is 5.75 Å². The first-order valence-electron chi connectivity index (χ1n) is 7.26. The van der Waals surface area contributed by atoms with Crippen molar-refractivity contribution in [3.8, 4) is 5.75 Å². The van der Waals surface area contributed by atoms with Crippen LogP contribution in [0.5, 0.6) is 5.75 Å². The van der Waals surface area contributed by atoms with Crippen LogP contribution in [0, 0.1) is 0 Å². The molecule has 0 aliphatic carbocycles. The molecule has 0 saturated heterocycles. The van der Waals surface area contributed by atoms with Crippen molar-refractivity contribution < 1.29 is 14.3 Å². The monoisotopic (exact) mass is 295 g/mol. The molecule has 2 N–H and O–H groups in total. The van der Waals surface area contributed by atoms with Gasteiger partial charge in [0.05, 0.1) is 11.9 Å². The highest BCUT2D eigenvalue weighted by molar-refractivity contribution is 5.80. The summed E-state index contributed by atoms with van der Waals surface area (Å²) in [4.78, 5) is 16.1. The summed E-state index contributed by atoms with van der Waals surface area (Å²) in [6.45, 7) is 6.61. The maximum atomic E-state index is 11.8. The minimum absolute atomic E-state index is 0.136. The molecule has 1 atom stereocenters. The van der Waals surface area contributed by atoms with Crippen molar-refractivity contribution in [1.29, 1.82) is 0 Å². The lowest BCUT2D eigenvalue weighted by Gasteiger charge is -2.14. The van der Waals surface area contributed by atoms with Crippen molar-refractivity contribution in [1.82, 2.24) is 15.6 Å². The molecule has 1 aromatic heterocycles. The number of carbonyl (C=O) groups is 1. The highest BCUT2D eigenvalue weighted by Gasteiger charge is 2.14. The Kier molecular flexibility index (Phi) is 8.38. The van der Waals surface area contributed by atoms with Crippen LogP contribution in [0.4, 0.5) is 0 Å². The van der Waals surface area contributed by atoms with E-state index in [1.54, 1.807) is 20.2 Å². The second kappa shape index (κ2) is 10.1. The summed E-state index contributed by atoms with van der Waals surface area (Å²) < 4.78 is 10.5. The average Bonchev–Trinajstić information content (AvgIpc) is 2.50. The van der Waals surface area contributed by atoms with Gasteiger partial charge in [-0.25, -0.2) is 0 Å². The first-order chi connectivity index (χ1) is 10.2. The van der Waals surface area contributed by atoms with Gasteiger partial charge in [0.2, 0.25) is 0 Å². The largest absolute Gasteiger partial charge is 0.479 e. The van der Waals surface area contributed by atoms with Crippen LogP contribution in [0.15, 0.2) is 18.3 Å². The minimum atomic E-state index is -0.547. The highest BCUT2D eigenvalue weighted by atomic mass is 16.5. The third-order valence-electron chi connectivity index (χ3n) is 2.86. The molecule has 1 heterocycles. The first-order valence-corrected chi connectivity index (χ1v) is 7.26. The van der Waals surface area contributed by atoms with Crippen molar-refractivity contribution in [2.75, 3.05) is 26.8 Å². The zero-order valence-corrected chi connectivity index (χ0v) is 13.0. The van der Waals surface area contributed by atoms with Gasteiger partial charge in [0.25, 0.3) is 5.91 Å². The molecule has 0 aliphatic rings. The molecule has 1 aromatic rings. The van der Waals surface area contributed by atoms with E-state index in [0.717, 1.165) is 25.2 Å². The van der Waals surface area contributed by atoms with Gasteiger partial charge in [-0.1, -0.05) is 6.92 Å². The lowest BCUT2D eigenvalue weighted by Crippen LogP contribution is -2.37. The molecule has 6 nitrogen and oxygen atoms in total. The van der Waals surface area contributed by atoms with E-state index in [1.165, 1.54) is 0 Å². The summed E-state index contributed by atoms with van der Waals surface area (Å²) in [5.74, 6) is 0.456. The lowest BCUT2D eigenvalue weighted by atomic mass is 10.3. The van der Waals surface area contributed by atoms with E-state index in [1.807, 2.05) is 19.1 Å². The van der Waals surface area contributed by atoms with Crippen molar-refractivity contribution in [2.24, 2.45) is 0 Å². The summed E-state index contributed by atoms with van der Waals surface area (Å²) in [5.41, 5.74) is 0.945. The zero-order valence-electron chi connectivity index (χ0n) is 13.0. The van der Waals surface area contributed by atoms with Crippen LogP contribution in [0.1, 0.15) is 26.0 Å². The Labute approximate surface area is 126 Å². The summed E-state index contributed by atoms with van der Waals surface area (Å²) in [6.07, 6.45) is 1.88. The Morgan fingerprint density at radius 2 is 2.24 bits per heavy atom. The van der Waals surface area contributed by atoms with E-state index in [4.69, 9.17) is 9.47 Å². The fourth-order valence-corrected chi connectivity index (χ4v) is 1.67. The second-order valence-electron chi connectivity index (χ2n) is 4.66. The Morgan fingerprint density at radius 3 is 2.86 bits per heavy atom. The van der Waals surface area contributed by atoms with Crippen LogP contribution in [-0.4, -0.2) is 43.8 Å². The fourth-order valence-electron chi connectivity index (χ4n) is 1.67. The number of pyridine rings is 1. The number of ether oxygens (including phenoxy) is 2. The normalized spacial score (nSPS) is 12.0. The summed E-state index contributed by atoms with van der Waals surface area (Å²) in [6, 6.07) is 3.72. The van der Waals surface area contributed by atoms with Gasteiger partial charge >= 0.3 is 0 Å². The Morgan fingerprint density at radius 1 is 1.43 bits per heavy atom. The molecule has 1 unspecified atom stereocenters. The van der Waals surface area contributed by atoms with Crippen LogP contribution in [0.2, 0.25) is 0 Å². The van der Waals surface area contributed by atoms with Crippen LogP contribution in [0.3, 0.4) is 0 Å². The maximum Gasteiger partial charge on any atom is 0.260 e. The number of nitrogens with zero attached hydrogens (tertiary/aromatic N) is 1. The van der Waals surface area contributed by atoms with Crippen molar-refractivity contribution in [3.63, 3.8) is 0 Å². The number of rotatable bonds is 10. The van der Waals surface area contributed by atoms with Gasteiger partial charge in [-0.05, 0) is 32.0 Å². The summed E-state index contributed by atoms with van der Waals surface area (Å²) >= 11 is 0.